The Kier molecular flexibility index (Phi) is 7.86. The lowest BCUT2D eigenvalue weighted by molar-refractivity contribution is -0.274. The molecule has 0 fully saturated rings. The highest BCUT2D eigenvalue weighted by Crippen LogP contribution is 2.23. The second-order valence-electron chi connectivity index (χ2n) is 7.11. The number of anilines is 1. The number of rotatable bonds is 7. The molecule has 0 radical (unpaired) electrons. The van der Waals surface area contributed by atoms with Crippen LogP contribution >= 0.6 is 0 Å². The minimum Gasteiger partial charge on any atom is -0.406 e. The minimum absolute atomic E-state index is 0.0422. The van der Waals surface area contributed by atoms with Crippen molar-refractivity contribution in [1.29, 1.82) is 0 Å². The molecule has 176 valence electrons. The first-order valence-corrected chi connectivity index (χ1v) is 10.1. The zero-order valence-corrected chi connectivity index (χ0v) is 18.0. The van der Waals surface area contributed by atoms with Crippen molar-refractivity contribution in [3.63, 3.8) is 0 Å². The number of hydrogen-bond acceptors (Lipinski definition) is 4. The van der Waals surface area contributed by atoms with Crippen molar-refractivity contribution in [2.24, 2.45) is 5.10 Å². The van der Waals surface area contributed by atoms with Gasteiger partial charge in [-0.05, 0) is 48.9 Å². The number of halogens is 3. The maximum atomic E-state index is 12.5. The van der Waals surface area contributed by atoms with Crippen LogP contribution in [-0.2, 0) is 0 Å². The molecule has 0 aliphatic carbocycles. The van der Waals surface area contributed by atoms with E-state index in [1.54, 1.807) is 42.5 Å². The topological polar surface area (TPSA) is 91.8 Å². The third-order valence-corrected chi connectivity index (χ3v) is 4.44. The number of carbonyl (C=O) groups is 2. The number of nitrogens with zero attached hydrogens (tertiary/aromatic N) is 1. The molecule has 0 aliphatic rings. The monoisotopic (exact) mass is 470 g/mol. The summed E-state index contributed by atoms with van der Waals surface area (Å²) in [7, 11) is 0. The number of nitrogens with one attached hydrogen (secondary N) is 3. The number of alkyl halides is 3. The van der Waals surface area contributed by atoms with Crippen molar-refractivity contribution in [3.8, 4) is 5.75 Å². The summed E-state index contributed by atoms with van der Waals surface area (Å²) >= 11 is 0. The lowest BCUT2D eigenvalue weighted by atomic mass is 10.1. The Labute approximate surface area is 193 Å². The lowest BCUT2D eigenvalue weighted by Crippen LogP contribution is -2.33. The molecule has 3 rings (SSSR count). The van der Waals surface area contributed by atoms with E-state index < -0.39 is 18.1 Å². The molecule has 3 aromatic carbocycles. The Hall–Kier alpha value is -4.34. The van der Waals surface area contributed by atoms with Crippen molar-refractivity contribution >= 4 is 23.3 Å². The minimum atomic E-state index is -4.80. The van der Waals surface area contributed by atoms with Crippen molar-refractivity contribution in [2.45, 2.75) is 13.3 Å². The second-order valence-corrected chi connectivity index (χ2v) is 7.11. The fraction of sp³-hybridized carbons (Fsp3) is 0.125. The van der Waals surface area contributed by atoms with Gasteiger partial charge in [-0.3, -0.25) is 4.79 Å². The molecule has 0 atom stereocenters. The zero-order valence-electron chi connectivity index (χ0n) is 18.0. The van der Waals surface area contributed by atoms with Crippen LogP contribution in [0.25, 0.3) is 0 Å². The number of amides is 3. The number of urea groups is 1. The molecule has 10 heteroatoms. The molecule has 0 aliphatic heterocycles. The van der Waals surface area contributed by atoms with Crippen LogP contribution in [0.1, 0.15) is 21.5 Å². The molecule has 0 heterocycles. The van der Waals surface area contributed by atoms with E-state index in [-0.39, 0.29) is 18.1 Å². The van der Waals surface area contributed by atoms with E-state index in [0.29, 0.717) is 16.8 Å². The molecule has 3 aromatic rings. The Morgan fingerprint density at radius 3 is 2.24 bits per heavy atom. The number of aryl methyl sites for hydroxylation is 1. The van der Waals surface area contributed by atoms with Crippen LogP contribution in [0.5, 0.6) is 5.75 Å². The zero-order chi connectivity index (χ0) is 24.6. The van der Waals surface area contributed by atoms with Gasteiger partial charge in [0.05, 0.1) is 12.3 Å². The van der Waals surface area contributed by atoms with Gasteiger partial charge in [0.15, 0.2) is 0 Å². The van der Waals surface area contributed by atoms with Crippen LogP contribution in [0.2, 0.25) is 0 Å². The van der Waals surface area contributed by atoms with E-state index in [1.807, 2.05) is 19.1 Å². The highest BCUT2D eigenvalue weighted by molar-refractivity contribution is 6.05. The van der Waals surface area contributed by atoms with E-state index in [4.69, 9.17) is 0 Å². The Balaban J connectivity index is 1.64. The van der Waals surface area contributed by atoms with Gasteiger partial charge < -0.3 is 15.4 Å². The maximum absolute atomic E-state index is 12.5. The lowest BCUT2D eigenvalue weighted by Gasteiger charge is -2.11. The van der Waals surface area contributed by atoms with Crippen LogP contribution < -0.4 is 20.8 Å². The number of hydrazone groups is 1. The Bertz CT molecular complexity index is 1160. The van der Waals surface area contributed by atoms with Crippen LogP contribution in [0.15, 0.2) is 84.0 Å². The van der Waals surface area contributed by atoms with E-state index >= 15 is 0 Å². The maximum Gasteiger partial charge on any atom is 0.573 e. The standard InChI is InChI=1S/C24H21F3N4O3/c1-16-6-5-9-18(14-16)22(32)28-15-21(17-7-3-2-4-8-17)30-31-23(33)29-19-10-12-20(13-11-19)34-24(25,26)27/h2-14H,15H2,1H3,(H,28,32)(H2,29,31,33)/b30-21-. The average molecular weight is 470 g/mol. The molecule has 0 unspecified atom stereocenters. The average Bonchev–Trinajstić information content (AvgIpc) is 2.80. The molecule has 0 spiro atoms. The summed E-state index contributed by atoms with van der Waals surface area (Å²) in [6.45, 7) is 1.92. The number of carbonyl (C=O) groups excluding carboxylic acids is 2. The van der Waals surface area contributed by atoms with Crippen molar-refractivity contribution in [1.82, 2.24) is 10.7 Å². The van der Waals surface area contributed by atoms with E-state index in [2.05, 4.69) is 25.9 Å². The van der Waals surface area contributed by atoms with Crippen LogP contribution in [0.4, 0.5) is 23.7 Å². The molecule has 0 bridgehead atoms. The summed E-state index contributed by atoms with van der Waals surface area (Å²) in [5.74, 6) is -0.704. The predicted molar refractivity (Wildman–Crippen MR) is 122 cm³/mol. The second kappa shape index (κ2) is 11.0. The molecule has 0 saturated carbocycles. The number of benzene rings is 3. The molecule has 0 saturated heterocycles. The van der Waals surface area contributed by atoms with Gasteiger partial charge in [0.2, 0.25) is 0 Å². The van der Waals surface area contributed by atoms with Crippen LogP contribution in [0.3, 0.4) is 0 Å². The highest BCUT2D eigenvalue weighted by Gasteiger charge is 2.30. The van der Waals surface area contributed by atoms with Gasteiger partial charge in [-0.15, -0.1) is 13.2 Å². The smallest absolute Gasteiger partial charge is 0.406 e. The van der Waals surface area contributed by atoms with E-state index in [9.17, 15) is 22.8 Å². The fourth-order valence-corrected chi connectivity index (χ4v) is 2.91. The van der Waals surface area contributed by atoms with Gasteiger partial charge in [0.1, 0.15) is 5.75 Å². The van der Waals surface area contributed by atoms with Crippen molar-refractivity contribution in [3.05, 3.63) is 95.6 Å². The SMILES string of the molecule is Cc1cccc(C(=O)NC/C(=N/NC(=O)Nc2ccc(OC(F)(F)F)cc2)c2ccccc2)c1. The van der Waals surface area contributed by atoms with Crippen molar-refractivity contribution in [2.75, 3.05) is 11.9 Å². The Morgan fingerprint density at radius 2 is 1.59 bits per heavy atom. The molecule has 34 heavy (non-hydrogen) atoms. The summed E-state index contributed by atoms with van der Waals surface area (Å²) in [6.07, 6.45) is -4.80. The molecular formula is C24H21F3N4O3. The van der Waals surface area contributed by atoms with Gasteiger partial charge in [0, 0.05) is 11.3 Å². The van der Waals surface area contributed by atoms with Gasteiger partial charge >= 0.3 is 12.4 Å². The van der Waals surface area contributed by atoms with Crippen LogP contribution in [0, 0.1) is 6.92 Å². The third kappa shape index (κ3) is 7.66. The molecule has 3 amide bonds. The summed E-state index contributed by atoms with van der Waals surface area (Å²) in [6, 6.07) is 20.0. The highest BCUT2D eigenvalue weighted by atomic mass is 19.4. The van der Waals surface area contributed by atoms with Crippen molar-refractivity contribution < 1.29 is 27.5 Å². The first-order chi connectivity index (χ1) is 16.2. The van der Waals surface area contributed by atoms with Gasteiger partial charge in [-0.25, -0.2) is 10.2 Å². The largest absolute Gasteiger partial charge is 0.573 e. The van der Waals surface area contributed by atoms with Gasteiger partial charge in [-0.2, -0.15) is 5.10 Å². The molecule has 0 aromatic heterocycles. The third-order valence-electron chi connectivity index (χ3n) is 4.44. The first-order valence-electron chi connectivity index (χ1n) is 10.1. The summed E-state index contributed by atoms with van der Waals surface area (Å²) in [5, 5.41) is 9.34. The van der Waals surface area contributed by atoms with Gasteiger partial charge in [0.25, 0.3) is 5.91 Å². The normalized spacial score (nSPS) is 11.5. The van der Waals surface area contributed by atoms with E-state index in [1.165, 1.54) is 12.1 Å². The predicted octanol–water partition coefficient (Wildman–Crippen LogP) is 4.85. The molecular weight excluding hydrogens is 449 g/mol. The number of ether oxygens (including phenoxy) is 1. The quantitative estimate of drug-likeness (QED) is 0.341. The van der Waals surface area contributed by atoms with Gasteiger partial charge in [-0.1, -0.05) is 48.0 Å². The summed E-state index contributed by atoms with van der Waals surface area (Å²) in [4.78, 5) is 24.7. The fourth-order valence-electron chi connectivity index (χ4n) is 2.91. The first kappa shape index (κ1) is 24.3. The molecule has 3 N–H and O–H groups in total. The number of hydrogen-bond donors (Lipinski definition) is 3. The Morgan fingerprint density at radius 1 is 0.912 bits per heavy atom. The molecule has 7 nitrogen and oxygen atoms in total. The van der Waals surface area contributed by atoms with E-state index in [0.717, 1.165) is 17.7 Å². The summed E-state index contributed by atoms with van der Waals surface area (Å²) in [5.41, 5.74) is 5.08. The van der Waals surface area contributed by atoms with Crippen LogP contribution in [-0.4, -0.2) is 30.6 Å². The summed E-state index contributed by atoms with van der Waals surface area (Å²) < 4.78 is 40.5.